The summed E-state index contributed by atoms with van der Waals surface area (Å²) >= 11 is 0.608. The van der Waals surface area contributed by atoms with Crippen LogP contribution in [0.2, 0.25) is 0 Å². The lowest BCUT2D eigenvalue weighted by Gasteiger charge is -2.31. The number of unbranched alkanes of at least 4 members (excludes halogenated alkanes) is 1. The number of amides is 1. The lowest BCUT2D eigenvalue weighted by atomic mass is 10.0. The Hall–Kier alpha value is -2.58. The molecule has 0 aromatic carbocycles. The van der Waals surface area contributed by atoms with E-state index in [0.29, 0.717) is 31.4 Å². The molecule has 0 aromatic heterocycles. The third kappa shape index (κ3) is 14.4. The van der Waals surface area contributed by atoms with Gasteiger partial charge in [0.15, 0.2) is 0 Å². The fraction of sp³-hybridized carbons (Fsp3) is 0.800. The first-order valence-electron chi connectivity index (χ1n) is 12.9. The summed E-state index contributed by atoms with van der Waals surface area (Å²) in [6, 6.07) is -1.33. The summed E-state index contributed by atoms with van der Waals surface area (Å²) < 4.78 is 28.9. The largest absolute Gasteiger partial charge is 0.464 e. The monoisotopic (exact) mass is 578 g/mol. The van der Waals surface area contributed by atoms with Crippen LogP contribution in [0.25, 0.3) is 0 Å². The number of nitrogens with one attached hydrogen (secondary N) is 1. The summed E-state index contributed by atoms with van der Waals surface area (Å²) in [7, 11) is 0. The smallest absolute Gasteiger partial charge is 0.410 e. The Morgan fingerprint density at radius 3 is 1.95 bits per heavy atom. The highest BCUT2D eigenvalue weighted by atomic mass is 32.2. The molecule has 0 radical (unpaired) electrons. The molecule has 1 heterocycles. The molecule has 13 nitrogen and oxygen atoms in total. The molecule has 0 aromatic rings. The van der Waals surface area contributed by atoms with Crippen molar-refractivity contribution in [1.82, 2.24) is 10.2 Å². The standard InChI is InChI=1S/C25H42N2O11S/c1-17(2)20(28)35-15-37-23(31)26-19(22(30)34-12-8-7-9-27-10-13-33-14-11-27)25(5,6)39-24(32)38-16-36-21(29)18(3)4/h17-19H,7-16H2,1-6H3,(H,26,31)/t19-/m0/s1. The second-order valence-electron chi connectivity index (χ2n) is 9.91. The Bertz CT molecular complexity index is 814. The Labute approximate surface area is 233 Å². The molecule has 1 rings (SSSR count). The molecule has 1 atom stereocenters. The van der Waals surface area contributed by atoms with E-state index in [4.69, 9.17) is 28.4 Å². The van der Waals surface area contributed by atoms with Crippen LogP contribution in [0, 0.1) is 11.8 Å². The van der Waals surface area contributed by atoms with Gasteiger partial charge in [0.25, 0.3) is 0 Å². The van der Waals surface area contributed by atoms with Gasteiger partial charge in [0.2, 0.25) is 13.6 Å². The normalized spacial score (nSPS) is 14.9. The number of hydrogen-bond acceptors (Lipinski definition) is 13. The van der Waals surface area contributed by atoms with Crippen molar-refractivity contribution in [2.75, 3.05) is 53.0 Å². The Kier molecular flexibility index (Phi) is 15.8. The highest BCUT2D eigenvalue weighted by molar-refractivity contribution is 8.14. The summed E-state index contributed by atoms with van der Waals surface area (Å²) in [5, 5.41) is 1.55. The van der Waals surface area contributed by atoms with Gasteiger partial charge in [0.1, 0.15) is 6.04 Å². The summed E-state index contributed by atoms with van der Waals surface area (Å²) in [5.41, 5.74) is 0. The molecule has 0 bridgehead atoms. The molecule has 1 fully saturated rings. The number of carbonyl (C=O) groups is 5. The Morgan fingerprint density at radius 1 is 0.821 bits per heavy atom. The van der Waals surface area contributed by atoms with Crippen molar-refractivity contribution < 1.29 is 52.4 Å². The molecule has 0 spiro atoms. The van der Waals surface area contributed by atoms with Gasteiger partial charge in [-0.15, -0.1) is 0 Å². The summed E-state index contributed by atoms with van der Waals surface area (Å²) in [6.45, 7) is 12.4. The highest BCUT2D eigenvalue weighted by Crippen LogP contribution is 2.31. The van der Waals surface area contributed by atoms with E-state index in [1.54, 1.807) is 27.7 Å². The molecule has 0 unspecified atom stereocenters. The third-order valence-corrected chi connectivity index (χ3v) is 6.51. The van der Waals surface area contributed by atoms with Gasteiger partial charge in [-0.2, -0.15) is 0 Å². The van der Waals surface area contributed by atoms with Gasteiger partial charge in [0.05, 0.1) is 36.4 Å². The summed E-state index contributed by atoms with van der Waals surface area (Å²) in [6.07, 6.45) is 0.352. The van der Waals surface area contributed by atoms with Crippen LogP contribution in [0.5, 0.6) is 0 Å². The molecule has 1 aliphatic rings. The predicted molar refractivity (Wildman–Crippen MR) is 141 cm³/mol. The van der Waals surface area contributed by atoms with E-state index in [1.807, 2.05) is 0 Å². The van der Waals surface area contributed by atoms with E-state index in [1.165, 1.54) is 13.8 Å². The molecule has 0 saturated carbocycles. The maximum atomic E-state index is 13.0. The first-order chi connectivity index (χ1) is 18.3. The van der Waals surface area contributed by atoms with Crippen molar-refractivity contribution in [2.24, 2.45) is 11.8 Å². The van der Waals surface area contributed by atoms with Gasteiger partial charge in [0, 0.05) is 13.1 Å². The number of carbonyl (C=O) groups excluding carboxylic acids is 5. The number of rotatable bonds is 15. The van der Waals surface area contributed by atoms with Gasteiger partial charge < -0.3 is 33.7 Å². The van der Waals surface area contributed by atoms with Gasteiger partial charge in [-0.25, -0.2) is 14.4 Å². The zero-order valence-corrected chi connectivity index (χ0v) is 24.5. The van der Waals surface area contributed by atoms with Crippen LogP contribution in [0.3, 0.4) is 0 Å². The van der Waals surface area contributed by atoms with Gasteiger partial charge in [-0.05, 0) is 45.0 Å². The molecule has 1 saturated heterocycles. The topological polar surface area (TPSA) is 156 Å². The molecule has 0 aliphatic carbocycles. The van der Waals surface area contributed by atoms with Gasteiger partial charge >= 0.3 is 29.3 Å². The highest BCUT2D eigenvalue weighted by Gasteiger charge is 2.41. The minimum absolute atomic E-state index is 0.110. The minimum atomic E-state index is -1.33. The van der Waals surface area contributed by atoms with E-state index in [9.17, 15) is 24.0 Å². The van der Waals surface area contributed by atoms with Crippen molar-refractivity contribution in [3.05, 3.63) is 0 Å². The van der Waals surface area contributed by atoms with Crippen LogP contribution >= 0.6 is 11.8 Å². The zero-order chi connectivity index (χ0) is 29.4. The second kappa shape index (κ2) is 17.9. The molecular formula is C25H42N2O11S. The van der Waals surface area contributed by atoms with E-state index in [-0.39, 0.29) is 6.61 Å². The summed E-state index contributed by atoms with van der Waals surface area (Å²) in [5.74, 6) is -2.69. The van der Waals surface area contributed by atoms with E-state index >= 15 is 0 Å². The molecule has 1 aliphatic heterocycles. The zero-order valence-electron chi connectivity index (χ0n) is 23.6. The minimum Gasteiger partial charge on any atom is -0.464 e. The van der Waals surface area contributed by atoms with Gasteiger partial charge in [-0.3, -0.25) is 14.5 Å². The van der Waals surface area contributed by atoms with Crippen molar-refractivity contribution >= 4 is 41.1 Å². The number of esters is 3. The SMILES string of the molecule is CC(C)C(=O)OCOC(=O)N[C@@H](C(=O)OCCCCN1CCOCC1)C(C)(C)SC(=O)OCOC(=O)C(C)C. The second-order valence-corrected chi connectivity index (χ2v) is 11.5. The molecular weight excluding hydrogens is 536 g/mol. The lowest BCUT2D eigenvalue weighted by Crippen LogP contribution is -2.54. The quantitative estimate of drug-likeness (QED) is 0.131. The molecule has 1 N–H and O–H groups in total. The van der Waals surface area contributed by atoms with Crippen molar-refractivity contribution in [2.45, 2.75) is 65.2 Å². The third-order valence-electron chi connectivity index (χ3n) is 5.47. The van der Waals surface area contributed by atoms with Crippen molar-refractivity contribution in [1.29, 1.82) is 0 Å². The molecule has 1 amide bonds. The summed E-state index contributed by atoms with van der Waals surface area (Å²) in [4.78, 5) is 63.1. The van der Waals surface area contributed by atoms with E-state index < -0.39 is 65.5 Å². The van der Waals surface area contributed by atoms with Crippen LogP contribution in [0.1, 0.15) is 54.4 Å². The van der Waals surface area contributed by atoms with Crippen LogP contribution < -0.4 is 5.32 Å². The van der Waals surface area contributed by atoms with Crippen LogP contribution in [-0.2, 0) is 42.8 Å². The molecule has 39 heavy (non-hydrogen) atoms. The maximum absolute atomic E-state index is 13.0. The van der Waals surface area contributed by atoms with Crippen molar-refractivity contribution in [3.8, 4) is 0 Å². The maximum Gasteiger partial charge on any atom is 0.410 e. The average Bonchev–Trinajstić information content (AvgIpc) is 2.86. The molecule has 14 heteroatoms. The first-order valence-corrected chi connectivity index (χ1v) is 13.7. The molecule has 224 valence electrons. The number of hydrogen-bond donors (Lipinski definition) is 1. The number of ether oxygens (including phenoxy) is 6. The van der Waals surface area contributed by atoms with Crippen LogP contribution in [-0.4, -0.2) is 98.0 Å². The number of nitrogens with zero attached hydrogens (tertiary/aromatic N) is 1. The lowest BCUT2D eigenvalue weighted by molar-refractivity contribution is -0.156. The van der Waals surface area contributed by atoms with Crippen LogP contribution in [0.4, 0.5) is 9.59 Å². The fourth-order valence-corrected chi connectivity index (χ4v) is 3.92. The Morgan fingerprint density at radius 2 is 1.38 bits per heavy atom. The van der Waals surface area contributed by atoms with Gasteiger partial charge in [-0.1, -0.05) is 27.7 Å². The van der Waals surface area contributed by atoms with Crippen molar-refractivity contribution in [3.63, 3.8) is 0 Å². The fourth-order valence-electron chi connectivity index (χ4n) is 3.11. The first kappa shape index (κ1) is 34.4. The number of thioether (sulfide) groups is 1. The number of alkyl carbamates (subject to hydrolysis) is 1. The van der Waals surface area contributed by atoms with E-state index in [2.05, 4.69) is 10.2 Å². The predicted octanol–water partition coefficient (Wildman–Crippen LogP) is 2.70. The van der Waals surface area contributed by atoms with E-state index in [0.717, 1.165) is 26.1 Å². The van der Waals surface area contributed by atoms with Crippen LogP contribution in [0.15, 0.2) is 0 Å². The number of morpholine rings is 1. The average molecular weight is 579 g/mol. The Balaban J connectivity index is 2.69.